The van der Waals surface area contributed by atoms with E-state index in [9.17, 15) is 5.48 Å². The number of hydrogen-bond donors (Lipinski definition) is 0. The van der Waals surface area contributed by atoms with E-state index in [4.69, 9.17) is 17.6 Å². The first-order valence-corrected chi connectivity index (χ1v) is 16.2. The molecule has 0 bridgehead atoms. The maximum Gasteiger partial charge on any atom is 0.159 e. The van der Waals surface area contributed by atoms with Crippen molar-refractivity contribution in [3.8, 4) is 16.3 Å². The Labute approximate surface area is 284 Å². The lowest BCUT2D eigenvalue weighted by atomic mass is 10.0. The molecule has 0 aliphatic heterocycles. The second-order valence-electron chi connectivity index (χ2n) is 11.2. The number of aromatic nitrogens is 2. The molecule has 0 aliphatic carbocycles. The number of nitrogens with zero attached hydrogens (tertiary/aromatic N) is 2. The third-order valence-electron chi connectivity index (χ3n) is 8.64. The van der Waals surface area contributed by atoms with Gasteiger partial charge < -0.3 is 8.98 Å². The quantitative estimate of drug-likeness (QED) is 0.190. The van der Waals surface area contributed by atoms with Crippen LogP contribution in [-0.4, -0.2) is 9.55 Å². The van der Waals surface area contributed by atoms with Gasteiger partial charge >= 0.3 is 0 Å². The van der Waals surface area contributed by atoms with Crippen molar-refractivity contribution in [3.05, 3.63) is 133 Å². The molecule has 0 unspecified atom stereocenters. The predicted molar refractivity (Wildman–Crippen MR) is 197 cm³/mol. The molecule has 3 nitrogen and oxygen atoms in total. The number of rotatable bonds is 2. The average Bonchev–Trinajstić information content (AvgIpc) is 4.00. The Kier molecular flexibility index (Phi) is 3.39. The molecule has 0 amide bonds. The Bertz CT molecular complexity index is 3590. The number of fused-ring (bicyclic) bond motifs is 12. The van der Waals surface area contributed by atoms with E-state index in [1.807, 2.05) is 72.8 Å². The van der Waals surface area contributed by atoms with Crippen molar-refractivity contribution < 1.29 is 18.1 Å². The van der Waals surface area contributed by atoms with Crippen molar-refractivity contribution in [2.75, 3.05) is 0 Å². The first kappa shape index (κ1) is 17.3. The minimum atomic E-state index is -0.493. The molecule has 0 fully saturated rings. The molecule has 11 rings (SSSR count). The number of para-hydroxylation sites is 2. The summed E-state index contributed by atoms with van der Waals surface area (Å²) >= 11 is 2.47. The second-order valence-corrected chi connectivity index (χ2v) is 13.2. The van der Waals surface area contributed by atoms with Crippen LogP contribution in [0, 0.1) is 0 Å². The molecule has 4 heterocycles. The first-order valence-electron chi connectivity index (χ1n) is 19.6. The van der Waals surface area contributed by atoms with Gasteiger partial charge in [-0.3, -0.25) is 0 Å². The van der Waals surface area contributed by atoms with Gasteiger partial charge in [-0.2, -0.15) is 0 Å². The van der Waals surface area contributed by atoms with Crippen molar-refractivity contribution in [3.63, 3.8) is 0 Å². The topological polar surface area (TPSA) is 31.0 Å². The van der Waals surface area contributed by atoms with Crippen molar-refractivity contribution in [1.82, 2.24) is 9.55 Å². The molecule has 11 aromatic rings. The van der Waals surface area contributed by atoms with Crippen molar-refractivity contribution in [2.24, 2.45) is 0 Å². The van der Waals surface area contributed by atoms with E-state index < -0.39 is 24.2 Å². The van der Waals surface area contributed by atoms with Gasteiger partial charge in [-0.25, -0.2) is 4.98 Å². The van der Waals surface area contributed by atoms with E-state index in [2.05, 4.69) is 0 Å². The zero-order chi connectivity index (χ0) is 38.6. The summed E-state index contributed by atoms with van der Waals surface area (Å²) in [5, 5.41) is 4.57. The van der Waals surface area contributed by atoms with Crippen LogP contribution in [0.2, 0.25) is 0 Å². The number of thiophene rings is 1. The summed E-state index contributed by atoms with van der Waals surface area (Å²) in [6, 6.07) is 19.9. The molecular weight excluding hydrogens is 601 g/mol. The van der Waals surface area contributed by atoms with Crippen LogP contribution in [0.15, 0.2) is 138 Å². The zero-order valence-corrected chi connectivity index (χ0v) is 25.2. The van der Waals surface area contributed by atoms with Crippen LogP contribution in [0.1, 0.15) is 13.7 Å². The summed E-state index contributed by atoms with van der Waals surface area (Å²) in [4.78, 5) is 4.97. The van der Waals surface area contributed by atoms with Crippen LogP contribution in [-0.2, 0) is 0 Å². The SMILES string of the molecule is [2H]c1c([2H])c([2H])c2c(sc3c([2H])c4c5c([2H])c([2H])c([2H])c([2H])c5n(-c5cc(-c6nc7ccccc7s6)cc6c5oc5ccc7ccccc7c56)c4c([2H])c32)c1[2H]. The second kappa shape index (κ2) is 9.04. The Hall–Kier alpha value is -5.49. The van der Waals surface area contributed by atoms with Gasteiger partial charge in [0.25, 0.3) is 0 Å². The lowest BCUT2D eigenvalue weighted by Gasteiger charge is -2.11. The summed E-state index contributed by atoms with van der Waals surface area (Å²) in [5.74, 6) is 0. The Morgan fingerprint density at radius 1 is 0.630 bits per heavy atom. The highest BCUT2D eigenvalue weighted by Crippen LogP contribution is 2.45. The number of benzene rings is 7. The monoisotopic (exact) mass is 632 g/mol. The minimum absolute atomic E-state index is 0.0449. The molecule has 0 aliphatic rings. The summed E-state index contributed by atoms with van der Waals surface area (Å²) in [7, 11) is 0. The third-order valence-corrected chi connectivity index (χ3v) is 10.7. The Morgan fingerprint density at radius 3 is 2.43 bits per heavy atom. The highest BCUT2D eigenvalue weighted by atomic mass is 32.1. The molecular formula is C41H22N2OS2. The molecule has 4 aromatic heterocycles. The number of thiazole rings is 1. The lowest BCUT2D eigenvalue weighted by molar-refractivity contribution is 0.666. The molecule has 46 heavy (non-hydrogen) atoms. The largest absolute Gasteiger partial charge is 0.454 e. The highest BCUT2D eigenvalue weighted by molar-refractivity contribution is 7.26. The van der Waals surface area contributed by atoms with E-state index in [1.165, 1.54) is 11.3 Å². The maximum atomic E-state index is 9.90. The number of furan rings is 1. The van der Waals surface area contributed by atoms with Gasteiger partial charge in [0, 0.05) is 47.3 Å². The molecule has 5 heteroatoms. The third kappa shape index (κ3) is 3.33. The van der Waals surface area contributed by atoms with Crippen molar-refractivity contribution >= 4 is 108 Å². The van der Waals surface area contributed by atoms with Crippen LogP contribution in [0.3, 0.4) is 0 Å². The maximum absolute atomic E-state index is 9.90. The molecule has 0 radical (unpaired) electrons. The van der Waals surface area contributed by atoms with Crippen LogP contribution in [0.4, 0.5) is 0 Å². The van der Waals surface area contributed by atoms with Crippen LogP contribution >= 0.6 is 22.7 Å². The molecule has 0 N–H and O–H groups in total. The van der Waals surface area contributed by atoms with E-state index in [0.29, 0.717) is 32.8 Å². The Balaban J connectivity index is 1.41. The van der Waals surface area contributed by atoms with Crippen LogP contribution in [0.25, 0.3) is 101 Å². The number of hydrogen-bond acceptors (Lipinski definition) is 4. The van der Waals surface area contributed by atoms with Crippen LogP contribution < -0.4 is 0 Å². The normalized spacial score (nSPS) is 15.4. The van der Waals surface area contributed by atoms with E-state index in [1.54, 1.807) is 4.57 Å². The predicted octanol–water partition coefficient (Wildman–Crippen LogP) is 12.5. The summed E-state index contributed by atoms with van der Waals surface area (Å²) in [6.45, 7) is 0. The van der Waals surface area contributed by atoms with Gasteiger partial charge in [-0.15, -0.1) is 22.7 Å². The van der Waals surface area contributed by atoms with Gasteiger partial charge in [0.15, 0.2) is 5.58 Å². The molecule has 0 saturated heterocycles. The molecule has 7 aromatic carbocycles. The van der Waals surface area contributed by atoms with Gasteiger partial charge in [-0.1, -0.05) is 78.7 Å². The van der Waals surface area contributed by atoms with Gasteiger partial charge in [-0.05, 0) is 65.3 Å². The van der Waals surface area contributed by atoms with E-state index in [0.717, 1.165) is 37.7 Å². The highest BCUT2D eigenvalue weighted by Gasteiger charge is 2.22. The van der Waals surface area contributed by atoms with E-state index in [-0.39, 0.29) is 78.2 Å². The van der Waals surface area contributed by atoms with E-state index >= 15 is 0 Å². The van der Waals surface area contributed by atoms with Crippen molar-refractivity contribution in [1.29, 1.82) is 0 Å². The summed E-state index contributed by atoms with van der Waals surface area (Å²) in [5.41, 5.74) is 2.97. The first-order chi connectivity index (χ1) is 27.0. The standard InChI is InChI=1S/C41H22N2OS2/c1-2-10-25-23(9-1)17-18-35-39(25)30-19-24(41-42-31-13-5-8-16-37(31)46-41)20-34(40(30)44-35)43-32-14-6-3-11-26(32)28-22-38-29(21-33(28)43)27-12-4-7-15-36(27)45-38/h1-22H/i3D,4D,6D,7D,11D,12D,14D,15D,21D,22D. The molecule has 214 valence electrons. The zero-order valence-electron chi connectivity index (χ0n) is 33.5. The summed E-state index contributed by atoms with van der Waals surface area (Å²) in [6.07, 6.45) is 0. The van der Waals surface area contributed by atoms with Crippen molar-refractivity contribution in [2.45, 2.75) is 0 Å². The lowest BCUT2D eigenvalue weighted by Crippen LogP contribution is -1.95. The van der Waals surface area contributed by atoms with Gasteiger partial charge in [0.05, 0.1) is 40.6 Å². The summed E-state index contributed by atoms with van der Waals surface area (Å²) < 4.78 is 99.6. The van der Waals surface area contributed by atoms with Crippen LogP contribution in [0.5, 0.6) is 0 Å². The van der Waals surface area contributed by atoms with Gasteiger partial charge in [0.1, 0.15) is 10.6 Å². The minimum Gasteiger partial charge on any atom is -0.454 e. The fraction of sp³-hybridized carbons (Fsp3) is 0. The van der Waals surface area contributed by atoms with Gasteiger partial charge in [0.2, 0.25) is 0 Å². The fourth-order valence-corrected chi connectivity index (χ4v) is 8.58. The fourth-order valence-electron chi connectivity index (χ4n) is 6.65. The molecule has 0 saturated carbocycles. The average molecular weight is 633 g/mol. The smallest absolute Gasteiger partial charge is 0.159 e. The molecule has 0 atom stereocenters. The molecule has 0 spiro atoms. The Morgan fingerprint density at radius 2 is 1.48 bits per heavy atom.